The highest BCUT2D eigenvalue weighted by atomic mass is 32.1. The molecule has 0 unspecified atom stereocenters. The summed E-state index contributed by atoms with van der Waals surface area (Å²) in [6.07, 6.45) is 1.84. The third-order valence-corrected chi connectivity index (χ3v) is 5.85. The number of benzene rings is 1. The van der Waals surface area contributed by atoms with E-state index in [0.29, 0.717) is 0 Å². The third-order valence-electron chi connectivity index (χ3n) is 4.46. The van der Waals surface area contributed by atoms with Crippen LogP contribution in [0.25, 0.3) is 0 Å². The first-order chi connectivity index (χ1) is 12.1. The largest absolute Gasteiger partial charge is 0.351 e. The molecule has 0 aliphatic carbocycles. The van der Waals surface area contributed by atoms with Crippen LogP contribution in [0.1, 0.15) is 33.1 Å². The number of aryl methyl sites for hydroxylation is 2. The van der Waals surface area contributed by atoms with Crippen molar-refractivity contribution in [1.82, 2.24) is 10.3 Å². The van der Waals surface area contributed by atoms with Crippen molar-refractivity contribution in [3.8, 4) is 0 Å². The number of hydrogen-bond acceptors (Lipinski definition) is 3. The van der Waals surface area contributed by atoms with Crippen LogP contribution in [0.2, 0.25) is 0 Å². The number of rotatable bonds is 3. The van der Waals surface area contributed by atoms with E-state index in [1.54, 1.807) is 0 Å². The van der Waals surface area contributed by atoms with Crippen molar-refractivity contribution >= 4 is 34.4 Å². The van der Waals surface area contributed by atoms with Crippen molar-refractivity contribution in [2.24, 2.45) is 0 Å². The molecular weight excluding hydrogens is 346 g/mol. The van der Waals surface area contributed by atoms with Crippen molar-refractivity contribution in [1.29, 1.82) is 0 Å². The Labute approximate surface area is 157 Å². The van der Waals surface area contributed by atoms with Gasteiger partial charge < -0.3 is 10.2 Å². The van der Waals surface area contributed by atoms with Crippen LogP contribution < -0.4 is 10.2 Å². The molecule has 1 saturated heterocycles. The highest BCUT2D eigenvalue weighted by molar-refractivity contribution is 7.80. The summed E-state index contributed by atoms with van der Waals surface area (Å²) in [5.74, 6) is 0. The predicted octanol–water partition coefficient (Wildman–Crippen LogP) is 4.94. The predicted molar refractivity (Wildman–Crippen MR) is 108 cm³/mol. The zero-order chi connectivity index (χ0) is 17.4. The molecule has 0 amide bonds. The summed E-state index contributed by atoms with van der Waals surface area (Å²) in [4.78, 5) is 9.39. The Morgan fingerprint density at radius 2 is 1.84 bits per heavy atom. The number of pyridine rings is 1. The van der Waals surface area contributed by atoms with Gasteiger partial charge in [-0.05, 0) is 62.5 Å². The van der Waals surface area contributed by atoms with E-state index in [4.69, 9.17) is 12.2 Å². The molecule has 0 saturated carbocycles. The summed E-state index contributed by atoms with van der Waals surface area (Å²) in [6.45, 7) is 4.24. The highest BCUT2D eigenvalue weighted by Crippen LogP contribution is 2.43. The van der Waals surface area contributed by atoms with E-state index >= 15 is 0 Å². The summed E-state index contributed by atoms with van der Waals surface area (Å²) in [6, 6.07) is 19.1. The van der Waals surface area contributed by atoms with Crippen molar-refractivity contribution in [2.45, 2.75) is 25.9 Å². The second kappa shape index (κ2) is 6.58. The van der Waals surface area contributed by atoms with Crippen molar-refractivity contribution < 1.29 is 0 Å². The van der Waals surface area contributed by atoms with Gasteiger partial charge in [0.25, 0.3) is 0 Å². The Kier molecular flexibility index (Phi) is 4.27. The lowest BCUT2D eigenvalue weighted by Crippen LogP contribution is -2.29. The topological polar surface area (TPSA) is 28.2 Å². The summed E-state index contributed by atoms with van der Waals surface area (Å²) in [7, 11) is 0. The van der Waals surface area contributed by atoms with E-state index in [9.17, 15) is 0 Å². The molecule has 2 aromatic heterocycles. The van der Waals surface area contributed by atoms with Crippen molar-refractivity contribution in [3.05, 3.63) is 81.8 Å². The average molecular weight is 366 g/mol. The fraction of sp³-hybridized carbons (Fsp3) is 0.200. The molecule has 126 valence electrons. The molecule has 0 radical (unpaired) electrons. The lowest BCUT2D eigenvalue weighted by molar-refractivity contribution is 0.575. The van der Waals surface area contributed by atoms with Crippen LogP contribution >= 0.6 is 23.6 Å². The zero-order valence-corrected chi connectivity index (χ0v) is 15.8. The summed E-state index contributed by atoms with van der Waals surface area (Å²) >= 11 is 7.53. The number of hydrogen-bond donors (Lipinski definition) is 1. The smallest absolute Gasteiger partial charge is 0.174 e. The minimum atomic E-state index is 0.0352. The lowest BCUT2D eigenvalue weighted by atomic mass is 10.0. The van der Waals surface area contributed by atoms with E-state index in [2.05, 4.69) is 71.5 Å². The SMILES string of the molecule is Cc1ccc(N2C(=S)N[C@H](c3ccccn3)[C@H]2c2ccc(C)s2)cc1. The summed E-state index contributed by atoms with van der Waals surface area (Å²) in [5, 5.41) is 4.24. The second-order valence-electron chi connectivity index (χ2n) is 6.28. The van der Waals surface area contributed by atoms with Gasteiger partial charge in [0.1, 0.15) is 0 Å². The standard InChI is InChI=1S/C20H19N3S2/c1-13-6-9-15(10-7-13)23-19(17-11-8-14(2)25-17)18(22-20(23)24)16-5-3-4-12-21-16/h3-12,18-19H,1-2H3,(H,22,24)/t18-,19-/m1/s1. The van der Waals surface area contributed by atoms with Crippen LogP contribution in [0.15, 0.2) is 60.8 Å². The maximum atomic E-state index is 5.71. The molecule has 3 nitrogen and oxygen atoms in total. The van der Waals surface area contributed by atoms with Gasteiger partial charge in [-0.25, -0.2) is 0 Å². The van der Waals surface area contributed by atoms with Gasteiger partial charge in [-0.15, -0.1) is 11.3 Å². The van der Waals surface area contributed by atoms with Gasteiger partial charge in [0.15, 0.2) is 5.11 Å². The normalized spacial score (nSPS) is 19.9. The second-order valence-corrected chi connectivity index (χ2v) is 7.99. The fourth-order valence-electron chi connectivity index (χ4n) is 3.24. The van der Waals surface area contributed by atoms with Gasteiger partial charge in [-0.2, -0.15) is 0 Å². The molecule has 3 aromatic rings. The fourth-order valence-corrected chi connectivity index (χ4v) is 4.59. The van der Waals surface area contributed by atoms with E-state index in [-0.39, 0.29) is 12.1 Å². The minimum Gasteiger partial charge on any atom is -0.351 e. The molecule has 3 heterocycles. The molecule has 1 fully saturated rings. The lowest BCUT2D eigenvalue weighted by Gasteiger charge is -2.27. The van der Waals surface area contributed by atoms with Crippen LogP contribution in [0.3, 0.4) is 0 Å². The summed E-state index contributed by atoms with van der Waals surface area (Å²) in [5.41, 5.74) is 3.36. The molecule has 0 bridgehead atoms. The number of nitrogens with zero attached hydrogens (tertiary/aromatic N) is 2. The van der Waals surface area contributed by atoms with Gasteiger partial charge in [-0.3, -0.25) is 4.98 Å². The number of thiocarbonyl (C=S) groups is 1. The molecule has 2 atom stereocenters. The Morgan fingerprint density at radius 3 is 2.48 bits per heavy atom. The Hall–Kier alpha value is -2.24. The van der Waals surface area contributed by atoms with E-state index in [1.165, 1.54) is 15.3 Å². The average Bonchev–Trinajstić information content (AvgIpc) is 3.20. The van der Waals surface area contributed by atoms with E-state index in [1.807, 2.05) is 29.7 Å². The molecular formula is C20H19N3S2. The van der Waals surface area contributed by atoms with Gasteiger partial charge in [-0.1, -0.05) is 23.8 Å². The molecule has 5 heteroatoms. The van der Waals surface area contributed by atoms with Gasteiger partial charge in [0.05, 0.1) is 17.8 Å². The van der Waals surface area contributed by atoms with Gasteiger partial charge in [0, 0.05) is 21.6 Å². The first kappa shape index (κ1) is 16.2. The molecule has 25 heavy (non-hydrogen) atoms. The van der Waals surface area contributed by atoms with Crippen LogP contribution in [-0.4, -0.2) is 10.1 Å². The molecule has 1 aliphatic rings. The Bertz CT molecular complexity index is 887. The van der Waals surface area contributed by atoms with E-state index in [0.717, 1.165) is 16.5 Å². The zero-order valence-electron chi connectivity index (χ0n) is 14.1. The van der Waals surface area contributed by atoms with E-state index < -0.39 is 0 Å². The first-order valence-electron chi connectivity index (χ1n) is 8.27. The number of anilines is 1. The van der Waals surface area contributed by atoms with Crippen LogP contribution in [0, 0.1) is 13.8 Å². The number of nitrogens with one attached hydrogen (secondary N) is 1. The van der Waals surface area contributed by atoms with Crippen molar-refractivity contribution in [3.63, 3.8) is 0 Å². The van der Waals surface area contributed by atoms with Crippen LogP contribution in [-0.2, 0) is 0 Å². The minimum absolute atomic E-state index is 0.0352. The maximum Gasteiger partial charge on any atom is 0.174 e. The first-order valence-corrected chi connectivity index (χ1v) is 9.49. The van der Waals surface area contributed by atoms with Crippen LogP contribution in [0.4, 0.5) is 5.69 Å². The Morgan fingerprint density at radius 1 is 1.04 bits per heavy atom. The summed E-state index contributed by atoms with van der Waals surface area (Å²) < 4.78 is 0. The molecule has 1 N–H and O–H groups in total. The maximum absolute atomic E-state index is 5.71. The monoisotopic (exact) mass is 365 g/mol. The number of thiophene rings is 1. The highest BCUT2D eigenvalue weighted by Gasteiger charge is 2.41. The Balaban J connectivity index is 1.81. The van der Waals surface area contributed by atoms with Crippen molar-refractivity contribution in [2.75, 3.05) is 4.90 Å². The van der Waals surface area contributed by atoms with Crippen LogP contribution in [0.5, 0.6) is 0 Å². The molecule has 0 spiro atoms. The quantitative estimate of drug-likeness (QED) is 0.666. The number of aromatic nitrogens is 1. The van der Waals surface area contributed by atoms with Gasteiger partial charge in [0.2, 0.25) is 0 Å². The third kappa shape index (κ3) is 3.05. The molecule has 1 aromatic carbocycles. The molecule has 4 rings (SSSR count). The van der Waals surface area contributed by atoms with Gasteiger partial charge >= 0.3 is 0 Å². The molecule has 1 aliphatic heterocycles.